The molecule has 0 saturated heterocycles. The molecule has 1 N–H and O–H groups in total. The van der Waals surface area contributed by atoms with Crippen LogP contribution < -0.4 is 42.0 Å². The van der Waals surface area contributed by atoms with Gasteiger partial charge in [-0.2, -0.15) is 26.3 Å². The summed E-state index contributed by atoms with van der Waals surface area (Å²) in [5.41, 5.74) is 0. The molecule has 0 aliphatic heterocycles. The maximum absolute atomic E-state index is 10.5. The second kappa shape index (κ2) is 28.4. The number of hydrogen-bond donors (Lipinski definition) is 1. The minimum absolute atomic E-state index is 0. The maximum atomic E-state index is 10.5. The van der Waals surface area contributed by atoms with Crippen LogP contribution in [0.5, 0.6) is 0 Å². The van der Waals surface area contributed by atoms with E-state index in [0.717, 1.165) is 7.11 Å². The zero-order valence-corrected chi connectivity index (χ0v) is 33.7. The van der Waals surface area contributed by atoms with Crippen LogP contribution in [0.15, 0.2) is 182 Å². The number of aliphatic hydroxyl groups excluding tert-OH is 1. The van der Waals surface area contributed by atoms with Gasteiger partial charge in [-0.1, -0.05) is 109 Å². The first-order chi connectivity index (χ1) is 26.8. The monoisotopic (exact) mass is 914 g/mol. The zero-order chi connectivity index (χ0) is 42.0. The van der Waals surface area contributed by atoms with Crippen LogP contribution in [0.2, 0.25) is 0 Å². The number of carbonyl (C=O) groups is 2. The van der Waals surface area contributed by atoms with E-state index in [1.807, 2.05) is 0 Å². The van der Waals surface area contributed by atoms with E-state index >= 15 is 0 Å². The molecule has 0 bridgehead atoms. The summed E-state index contributed by atoms with van der Waals surface area (Å²) in [5, 5.41) is 33.2. The number of benzene rings is 6. The Labute approximate surface area is 341 Å². The number of halogens is 6. The van der Waals surface area contributed by atoms with E-state index in [1.165, 1.54) is 31.8 Å². The van der Waals surface area contributed by atoms with E-state index in [9.17, 15) is 26.3 Å². The van der Waals surface area contributed by atoms with Crippen LogP contribution in [-0.2, 0) is 33.7 Å². The van der Waals surface area contributed by atoms with Crippen LogP contribution in [-0.4, -0.2) is 36.5 Å². The molecule has 0 amide bonds. The molecule has 0 heterocycles. The van der Waals surface area contributed by atoms with Gasteiger partial charge in [-0.25, -0.2) is 0 Å². The van der Waals surface area contributed by atoms with Crippen LogP contribution in [0.4, 0.5) is 26.3 Å². The molecule has 0 aliphatic carbocycles. The third-order valence-corrected chi connectivity index (χ3v) is 12.3. The third-order valence-electron chi connectivity index (χ3n) is 6.84. The van der Waals surface area contributed by atoms with E-state index in [0.29, 0.717) is 0 Å². The molecule has 6 aromatic rings. The fraction of sp³-hybridized carbons (Fsp3) is 0.0714. The summed E-state index contributed by atoms with van der Waals surface area (Å²) < 4.78 is 70.6. The van der Waals surface area contributed by atoms with Crippen molar-refractivity contribution in [2.75, 3.05) is 7.11 Å². The predicted octanol–water partition coefficient (Wildman–Crippen LogP) is 4.52. The second-order valence-corrected chi connectivity index (χ2v) is 15.5. The number of carbonyl (C=O) groups excluding carboxylic acids is 2. The van der Waals surface area contributed by atoms with Crippen molar-refractivity contribution in [3.05, 3.63) is 189 Å². The number of rotatable bonds is 6. The fourth-order valence-electron chi connectivity index (χ4n) is 4.63. The van der Waals surface area contributed by atoms with E-state index in [4.69, 9.17) is 29.6 Å². The SMILES string of the molecule is CO.O=C([O-])C(F)(F)F.O=C([O-])C(F)(F)F.[C-]#[O+].[Ru+2].c1ccc([PH+](c2ccccc2)c2ccccc2)cc1.c1ccc([PH+](c2ccccc2)c2ccccc2)cc1. The summed E-state index contributed by atoms with van der Waals surface area (Å²) in [7, 11) is -0.755. The molecule has 0 atom stereocenters. The van der Waals surface area contributed by atoms with Crippen LogP contribution >= 0.6 is 15.8 Å². The minimum atomic E-state index is -5.19. The van der Waals surface area contributed by atoms with Crippen LogP contribution in [0, 0.1) is 6.65 Å². The normalized spacial score (nSPS) is 9.96. The molecule has 298 valence electrons. The Morgan fingerprint density at radius 2 is 0.526 bits per heavy atom. The van der Waals surface area contributed by atoms with Gasteiger partial charge in [-0.3, -0.25) is 0 Å². The average molecular weight is 914 g/mol. The maximum Gasteiger partial charge on any atom is 2.00 e. The van der Waals surface area contributed by atoms with Gasteiger partial charge in [0.2, 0.25) is 0 Å². The Bertz CT molecular complexity index is 1630. The predicted molar refractivity (Wildman–Crippen MR) is 207 cm³/mol. The quantitative estimate of drug-likeness (QED) is 0.0868. The van der Waals surface area contributed by atoms with Crippen molar-refractivity contribution in [3.8, 4) is 0 Å². The number of aliphatic hydroxyl groups is 1. The van der Waals surface area contributed by atoms with Crippen molar-refractivity contribution in [2.45, 2.75) is 12.4 Å². The molecule has 15 heteroatoms. The molecule has 0 unspecified atom stereocenters. The van der Waals surface area contributed by atoms with Gasteiger partial charge in [-0.15, -0.1) is 0 Å². The molecule has 6 rings (SSSR count). The first-order valence-electron chi connectivity index (χ1n) is 16.1. The molecule has 0 spiro atoms. The number of carboxylic acid groups (broad SMARTS) is 2. The van der Waals surface area contributed by atoms with Crippen LogP contribution in [0.25, 0.3) is 0 Å². The van der Waals surface area contributed by atoms with Crippen molar-refractivity contribution in [1.29, 1.82) is 0 Å². The van der Waals surface area contributed by atoms with Gasteiger partial charge < -0.3 is 24.9 Å². The summed E-state index contributed by atoms with van der Waals surface area (Å²) in [5.74, 6) is -6.01. The molecule has 0 aromatic heterocycles. The van der Waals surface area contributed by atoms with Gasteiger partial charge >= 0.3 is 43.1 Å². The number of hydrogen-bond acceptors (Lipinski definition) is 5. The van der Waals surface area contributed by atoms with E-state index in [1.54, 1.807) is 0 Å². The van der Waals surface area contributed by atoms with Gasteiger partial charge in [0.05, 0.1) is 15.8 Å². The smallest absolute Gasteiger partial charge is 0.0620 e. The average Bonchev–Trinajstić information content (AvgIpc) is 3.22. The second-order valence-electron chi connectivity index (χ2n) is 10.5. The first kappa shape index (κ1) is 52.0. The summed E-state index contributed by atoms with van der Waals surface area (Å²) in [6.45, 7) is 4.50. The molecule has 0 saturated carbocycles. The van der Waals surface area contributed by atoms with Crippen molar-refractivity contribution in [2.24, 2.45) is 0 Å². The Morgan fingerprint density at radius 1 is 0.421 bits per heavy atom. The Kier molecular flexibility index (Phi) is 25.9. The van der Waals surface area contributed by atoms with Crippen molar-refractivity contribution >= 4 is 59.6 Å². The largest absolute Gasteiger partial charge is 2.00 e. The number of alkyl halides is 6. The molecular weight excluding hydrogens is 877 g/mol. The molecule has 0 radical (unpaired) electrons. The summed E-state index contributed by atoms with van der Waals surface area (Å²) >= 11 is 0. The van der Waals surface area contributed by atoms with Crippen LogP contribution in [0.1, 0.15) is 0 Å². The number of aliphatic carboxylic acids is 2. The molecule has 57 heavy (non-hydrogen) atoms. The van der Waals surface area contributed by atoms with Crippen molar-refractivity contribution < 1.29 is 75.4 Å². The van der Waals surface area contributed by atoms with Gasteiger partial charge in [0, 0.05) is 7.11 Å². The summed E-state index contributed by atoms with van der Waals surface area (Å²) in [6.07, 6.45) is -10.4. The van der Waals surface area contributed by atoms with Crippen molar-refractivity contribution in [3.63, 3.8) is 0 Å². The minimum Gasteiger partial charge on any atom is -0.0620 e. The van der Waals surface area contributed by atoms with Crippen LogP contribution in [0.3, 0.4) is 0 Å². The Balaban J connectivity index is 0.000000774. The molecule has 0 fully saturated rings. The molecule has 6 nitrogen and oxygen atoms in total. The third kappa shape index (κ3) is 19.6. The standard InChI is InChI=1S/2C18H15P.2C2HF3O2.CH4O.CO.Ru/c2*1-4-10-16(11-5-1)19(17-12-6-2-7-13-17)18-14-8-3-9-15-18;2*3-2(4,5)1(6)7;2*1-2;/h2*1-15H;2*(H,6,7);2H,1H3;;/q;;;;;;+2. The van der Waals surface area contributed by atoms with Gasteiger partial charge in [0.15, 0.2) is 0 Å². The van der Waals surface area contributed by atoms with E-state index in [2.05, 4.69) is 189 Å². The van der Waals surface area contributed by atoms with Gasteiger partial charge in [0.25, 0.3) is 0 Å². The van der Waals surface area contributed by atoms with Gasteiger partial charge in [-0.05, 0) is 72.8 Å². The Hall–Kier alpha value is -4.98. The summed E-state index contributed by atoms with van der Waals surface area (Å²) in [6, 6.07) is 65.0. The first-order valence-corrected chi connectivity index (χ1v) is 19.1. The van der Waals surface area contributed by atoms with Crippen molar-refractivity contribution in [1.82, 2.24) is 0 Å². The summed E-state index contributed by atoms with van der Waals surface area (Å²) in [4.78, 5) is 17.6. The Morgan fingerprint density at radius 3 is 0.614 bits per heavy atom. The molecule has 6 aromatic carbocycles. The van der Waals surface area contributed by atoms with Gasteiger partial charge in [0.1, 0.15) is 43.8 Å². The van der Waals surface area contributed by atoms with E-state index < -0.39 is 40.1 Å². The number of carboxylic acids is 2. The topological polar surface area (TPSA) is 120 Å². The zero-order valence-electron chi connectivity index (χ0n) is 29.9. The van der Waals surface area contributed by atoms with E-state index in [-0.39, 0.29) is 19.5 Å². The molecular formula is C42H36F6O6P2Ru+2. The molecule has 0 aliphatic rings. The fourth-order valence-corrected chi connectivity index (χ4v) is 9.78.